The van der Waals surface area contributed by atoms with Crippen LogP contribution in [-0.4, -0.2) is 37.3 Å². The van der Waals surface area contributed by atoms with Crippen molar-refractivity contribution in [1.29, 1.82) is 0 Å². The normalized spacial score (nSPS) is 25.5. The molecule has 0 aliphatic heterocycles. The summed E-state index contributed by atoms with van der Waals surface area (Å²) in [6.07, 6.45) is 7.47. The van der Waals surface area contributed by atoms with Crippen molar-refractivity contribution >= 4 is 11.8 Å². The van der Waals surface area contributed by atoms with Crippen molar-refractivity contribution in [3.05, 3.63) is 0 Å². The van der Waals surface area contributed by atoms with E-state index in [2.05, 4.69) is 25.4 Å². The second-order valence-electron chi connectivity index (χ2n) is 5.12. The van der Waals surface area contributed by atoms with Gasteiger partial charge in [0.05, 0.1) is 6.61 Å². The lowest BCUT2D eigenvalue weighted by Crippen LogP contribution is -2.30. The van der Waals surface area contributed by atoms with Crippen LogP contribution in [0.15, 0.2) is 0 Å². The van der Waals surface area contributed by atoms with E-state index < -0.39 is 0 Å². The highest BCUT2D eigenvalue weighted by atomic mass is 32.2. The second-order valence-corrected chi connectivity index (χ2v) is 6.25. The van der Waals surface area contributed by atoms with E-state index in [1.54, 1.807) is 0 Å². The van der Waals surface area contributed by atoms with Gasteiger partial charge in [-0.15, -0.1) is 0 Å². The van der Waals surface area contributed by atoms with Gasteiger partial charge >= 0.3 is 0 Å². The zero-order valence-corrected chi connectivity index (χ0v) is 11.8. The average Bonchev–Trinajstić information content (AvgIpc) is 2.70. The molecule has 2 atom stereocenters. The first-order valence-corrected chi connectivity index (χ1v) is 7.85. The van der Waals surface area contributed by atoms with E-state index in [9.17, 15) is 0 Å². The van der Waals surface area contributed by atoms with Crippen molar-refractivity contribution in [3.8, 4) is 0 Å². The molecule has 0 aromatic carbocycles. The maximum atomic E-state index is 5.59. The van der Waals surface area contributed by atoms with Crippen LogP contribution in [0.2, 0.25) is 0 Å². The molecule has 1 saturated carbocycles. The monoisotopic (exact) mass is 245 g/mol. The molecule has 2 unspecified atom stereocenters. The third kappa shape index (κ3) is 6.12. The summed E-state index contributed by atoms with van der Waals surface area (Å²) in [5, 5.41) is 4.48. The number of nitrogens with one attached hydrogen (secondary N) is 1. The fraction of sp³-hybridized carbons (Fsp3) is 1.00. The largest absolute Gasteiger partial charge is 0.380 e. The Kier molecular flexibility index (Phi) is 7.50. The molecule has 0 amide bonds. The van der Waals surface area contributed by atoms with E-state index >= 15 is 0 Å². The van der Waals surface area contributed by atoms with Gasteiger partial charge in [-0.2, -0.15) is 11.8 Å². The highest BCUT2D eigenvalue weighted by molar-refractivity contribution is 7.99. The molecule has 1 fully saturated rings. The van der Waals surface area contributed by atoms with E-state index in [4.69, 9.17) is 4.74 Å². The molecule has 0 spiro atoms. The Balaban J connectivity index is 1.88. The quantitative estimate of drug-likeness (QED) is 0.664. The molecule has 16 heavy (non-hydrogen) atoms. The zero-order valence-electron chi connectivity index (χ0n) is 11.0. The van der Waals surface area contributed by atoms with Crippen molar-refractivity contribution < 1.29 is 4.74 Å². The van der Waals surface area contributed by atoms with Gasteiger partial charge in [-0.3, -0.25) is 0 Å². The molecule has 2 nitrogen and oxygen atoms in total. The Hall–Kier alpha value is 0.270. The van der Waals surface area contributed by atoms with Crippen molar-refractivity contribution in [1.82, 2.24) is 5.32 Å². The van der Waals surface area contributed by atoms with Gasteiger partial charge in [0.1, 0.15) is 0 Å². The molecule has 0 bridgehead atoms. The summed E-state index contributed by atoms with van der Waals surface area (Å²) in [4.78, 5) is 0. The van der Waals surface area contributed by atoms with Crippen LogP contribution in [0.25, 0.3) is 0 Å². The minimum absolute atomic E-state index is 0.742. The molecule has 1 rings (SSSR count). The molecule has 0 saturated heterocycles. The smallest absolute Gasteiger partial charge is 0.0591 e. The van der Waals surface area contributed by atoms with Gasteiger partial charge in [-0.1, -0.05) is 13.8 Å². The molecular formula is C13H27NOS. The summed E-state index contributed by atoms with van der Waals surface area (Å²) < 4.78 is 5.59. The fourth-order valence-corrected chi connectivity index (χ4v) is 2.89. The Morgan fingerprint density at radius 1 is 1.31 bits per heavy atom. The highest BCUT2D eigenvalue weighted by Crippen LogP contribution is 2.27. The number of hydrogen-bond donors (Lipinski definition) is 1. The molecule has 1 N–H and O–H groups in total. The lowest BCUT2D eigenvalue weighted by molar-refractivity contribution is 0.123. The van der Waals surface area contributed by atoms with Crippen molar-refractivity contribution in [2.45, 2.75) is 50.8 Å². The third-order valence-electron chi connectivity index (χ3n) is 3.24. The molecular weight excluding hydrogens is 218 g/mol. The van der Waals surface area contributed by atoms with Gasteiger partial charge < -0.3 is 10.1 Å². The van der Waals surface area contributed by atoms with Crippen molar-refractivity contribution in [3.63, 3.8) is 0 Å². The minimum atomic E-state index is 0.742. The summed E-state index contributed by atoms with van der Waals surface area (Å²) in [6, 6.07) is 0.742. The Bertz CT molecular complexity index is 175. The number of rotatable bonds is 8. The average molecular weight is 245 g/mol. The van der Waals surface area contributed by atoms with Gasteiger partial charge in [0.25, 0.3) is 0 Å². The predicted octanol–water partition coefficient (Wildman–Crippen LogP) is 2.92. The van der Waals surface area contributed by atoms with Crippen LogP contribution in [0, 0.1) is 5.92 Å². The Morgan fingerprint density at radius 3 is 2.75 bits per heavy atom. The molecule has 0 radical (unpaired) electrons. The van der Waals surface area contributed by atoms with E-state index in [1.807, 2.05) is 11.8 Å². The molecule has 96 valence electrons. The predicted molar refractivity (Wildman–Crippen MR) is 73.2 cm³/mol. The third-order valence-corrected chi connectivity index (χ3v) is 4.33. The van der Waals surface area contributed by atoms with Crippen LogP contribution in [0.3, 0.4) is 0 Å². The number of thioether (sulfide) groups is 1. The van der Waals surface area contributed by atoms with Gasteiger partial charge in [-0.05, 0) is 37.9 Å². The molecule has 1 aliphatic rings. The molecule has 3 heteroatoms. The fourth-order valence-electron chi connectivity index (χ4n) is 2.10. The SMILES string of the molecule is CSC1CCC(NCCOCCC(C)C)C1. The zero-order chi connectivity index (χ0) is 11.8. The van der Waals surface area contributed by atoms with Gasteiger partial charge in [0, 0.05) is 24.4 Å². The standard InChI is InChI=1S/C13H27NOS/c1-11(2)6-8-15-9-7-14-12-4-5-13(10-12)16-3/h11-14H,4-10H2,1-3H3. The van der Waals surface area contributed by atoms with Crippen LogP contribution in [-0.2, 0) is 4.74 Å². The van der Waals surface area contributed by atoms with E-state index in [0.29, 0.717) is 0 Å². The Labute approximate surface area is 105 Å². The highest BCUT2D eigenvalue weighted by Gasteiger charge is 2.22. The molecule has 1 aliphatic carbocycles. The first-order valence-electron chi connectivity index (χ1n) is 6.56. The summed E-state index contributed by atoms with van der Waals surface area (Å²) in [7, 11) is 0. The van der Waals surface area contributed by atoms with Crippen molar-refractivity contribution in [2.24, 2.45) is 5.92 Å². The molecule has 0 aromatic heterocycles. The van der Waals surface area contributed by atoms with Crippen LogP contribution in [0.1, 0.15) is 39.5 Å². The summed E-state index contributed by atoms with van der Waals surface area (Å²) in [5.41, 5.74) is 0. The molecule has 0 aromatic rings. The van der Waals surface area contributed by atoms with E-state index in [-0.39, 0.29) is 0 Å². The van der Waals surface area contributed by atoms with Gasteiger partial charge in [-0.25, -0.2) is 0 Å². The van der Waals surface area contributed by atoms with Crippen LogP contribution >= 0.6 is 11.8 Å². The van der Waals surface area contributed by atoms with Crippen molar-refractivity contribution in [2.75, 3.05) is 26.0 Å². The number of hydrogen-bond acceptors (Lipinski definition) is 3. The van der Waals surface area contributed by atoms with Crippen LogP contribution in [0.5, 0.6) is 0 Å². The first kappa shape index (κ1) is 14.3. The van der Waals surface area contributed by atoms with Gasteiger partial charge in [0.2, 0.25) is 0 Å². The maximum Gasteiger partial charge on any atom is 0.0591 e. The second kappa shape index (κ2) is 8.37. The van der Waals surface area contributed by atoms with E-state index in [1.165, 1.54) is 25.7 Å². The summed E-state index contributed by atoms with van der Waals surface area (Å²) in [5.74, 6) is 0.755. The van der Waals surface area contributed by atoms with Crippen LogP contribution < -0.4 is 5.32 Å². The van der Waals surface area contributed by atoms with Gasteiger partial charge in [0.15, 0.2) is 0 Å². The van der Waals surface area contributed by atoms with E-state index in [0.717, 1.165) is 37.0 Å². The maximum absolute atomic E-state index is 5.59. The molecule has 0 heterocycles. The van der Waals surface area contributed by atoms with Crippen LogP contribution in [0.4, 0.5) is 0 Å². The minimum Gasteiger partial charge on any atom is -0.380 e. The lowest BCUT2D eigenvalue weighted by atomic mass is 10.1. The first-order chi connectivity index (χ1) is 7.72. The summed E-state index contributed by atoms with van der Waals surface area (Å²) >= 11 is 2.02. The lowest BCUT2D eigenvalue weighted by Gasteiger charge is -2.13. The number of ether oxygens (including phenoxy) is 1. The Morgan fingerprint density at radius 2 is 2.12 bits per heavy atom. The summed E-state index contributed by atoms with van der Waals surface area (Å²) in [6.45, 7) is 7.28. The topological polar surface area (TPSA) is 21.3 Å².